The van der Waals surface area contributed by atoms with E-state index >= 15 is 0 Å². The molecule has 3 aromatic rings. The quantitative estimate of drug-likeness (QED) is 0.603. The fraction of sp³-hybridized carbons (Fsp3) is 0.111. The number of carbonyl (C=O) groups excluding carboxylic acids is 1. The number of rotatable bonds is 6. The third-order valence-corrected chi connectivity index (χ3v) is 5.12. The summed E-state index contributed by atoms with van der Waals surface area (Å²) in [6, 6.07) is 13.5. The number of aromatic amines is 1. The summed E-state index contributed by atoms with van der Waals surface area (Å²) >= 11 is 0. The van der Waals surface area contributed by atoms with Crippen LogP contribution in [0.15, 0.2) is 59.8 Å². The Morgan fingerprint density at radius 3 is 2.30 bits per heavy atom. The lowest BCUT2D eigenvalue weighted by Crippen LogP contribution is -2.19. The van der Waals surface area contributed by atoms with Gasteiger partial charge in [-0.2, -0.15) is 13.5 Å². The van der Waals surface area contributed by atoms with Crippen LogP contribution in [0, 0.1) is 6.92 Å². The second kappa shape index (κ2) is 7.50. The van der Waals surface area contributed by atoms with Crippen LogP contribution in [-0.2, 0) is 10.0 Å². The van der Waals surface area contributed by atoms with Gasteiger partial charge in [0, 0.05) is 11.4 Å². The van der Waals surface area contributed by atoms with Gasteiger partial charge in [0.2, 0.25) is 0 Å². The highest BCUT2D eigenvalue weighted by Gasteiger charge is 2.25. The van der Waals surface area contributed by atoms with Crippen molar-refractivity contribution in [3.05, 3.63) is 65.9 Å². The minimum Gasteiger partial charge on any atom is -0.497 e. The summed E-state index contributed by atoms with van der Waals surface area (Å²) in [4.78, 5) is 12.5. The van der Waals surface area contributed by atoms with Gasteiger partial charge in [0.1, 0.15) is 5.75 Å². The number of methoxy groups -OCH3 is 1. The van der Waals surface area contributed by atoms with Crippen molar-refractivity contribution in [3.63, 3.8) is 0 Å². The Labute approximate surface area is 156 Å². The van der Waals surface area contributed by atoms with Crippen LogP contribution in [0.4, 0.5) is 11.4 Å². The maximum absolute atomic E-state index is 12.6. The number of ether oxygens (including phenoxy) is 1. The lowest BCUT2D eigenvalue weighted by Gasteiger charge is -2.09. The molecule has 0 bridgehead atoms. The summed E-state index contributed by atoms with van der Waals surface area (Å²) in [6.07, 6.45) is 1.17. The highest BCUT2D eigenvalue weighted by molar-refractivity contribution is 7.92. The molecule has 0 saturated carbocycles. The molecule has 1 heterocycles. The van der Waals surface area contributed by atoms with E-state index in [0.29, 0.717) is 17.1 Å². The van der Waals surface area contributed by atoms with Crippen molar-refractivity contribution in [2.24, 2.45) is 0 Å². The summed E-state index contributed by atoms with van der Waals surface area (Å²) < 4.78 is 32.7. The molecule has 3 N–H and O–H groups in total. The minimum atomic E-state index is -4.03. The Morgan fingerprint density at radius 2 is 1.67 bits per heavy atom. The van der Waals surface area contributed by atoms with Crippen molar-refractivity contribution in [1.29, 1.82) is 0 Å². The highest BCUT2D eigenvalue weighted by atomic mass is 32.2. The molecule has 0 aliphatic carbocycles. The van der Waals surface area contributed by atoms with Crippen molar-refractivity contribution < 1.29 is 17.9 Å². The Bertz CT molecular complexity index is 1040. The number of carbonyl (C=O) groups is 1. The van der Waals surface area contributed by atoms with Gasteiger partial charge in [0.15, 0.2) is 5.03 Å². The van der Waals surface area contributed by atoms with Crippen LogP contribution in [0.3, 0.4) is 0 Å². The van der Waals surface area contributed by atoms with E-state index in [-0.39, 0.29) is 10.6 Å². The van der Waals surface area contributed by atoms with Crippen LogP contribution in [-0.4, -0.2) is 31.6 Å². The van der Waals surface area contributed by atoms with Crippen LogP contribution in [0.25, 0.3) is 0 Å². The number of amides is 1. The number of aromatic nitrogens is 2. The molecule has 0 atom stereocenters. The summed E-state index contributed by atoms with van der Waals surface area (Å²) in [6.45, 7) is 1.93. The zero-order valence-electron chi connectivity index (χ0n) is 14.7. The van der Waals surface area contributed by atoms with Crippen molar-refractivity contribution in [2.75, 3.05) is 17.1 Å². The van der Waals surface area contributed by atoms with E-state index in [1.54, 1.807) is 36.4 Å². The zero-order chi connectivity index (χ0) is 19.4. The van der Waals surface area contributed by atoms with E-state index in [2.05, 4.69) is 20.2 Å². The fourth-order valence-corrected chi connectivity index (χ4v) is 3.50. The molecular formula is C18H18N4O4S. The summed E-state index contributed by atoms with van der Waals surface area (Å²) in [5, 5.41) is 8.43. The molecule has 0 aliphatic heterocycles. The molecule has 0 aliphatic rings. The first-order valence-corrected chi connectivity index (χ1v) is 9.45. The van der Waals surface area contributed by atoms with Gasteiger partial charge in [-0.3, -0.25) is 14.6 Å². The Balaban J connectivity index is 1.81. The molecule has 0 saturated heterocycles. The first-order valence-electron chi connectivity index (χ1n) is 7.97. The Kier molecular flexibility index (Phi) is 5.13. The standard InChI is InChI=1S/C18H18N4O4S/c1-12-3-5-13(6-4-12)20-17(23)16-11-19-21-18(16)27(24,25)22-14-7-9-15(26-2)10-8-14/h3-11,22H,1-2H3,(H,19,21)(H,20,23). The van der Waals surface area contributed by atoms with Gasteiger partial charge in [-0.1, -0.05) is 17.7 Å². The number of hydrogen-bond donors (Lipinski definition) is 3. The SMILES string of the molecule is COc1ccc(NS(=O)(=O)c2[nH]ncc2C(=O)Nc2ccc(C)cc2)cc1. The summed E-state index contributed by atoms with van der Waals surface area (Å²) in [5.41, 5.74) is 1.84. The molecule has 1 aromatic heterocycles. The lowest BCUT2D eigenvalue weighted by molar-refractivity contribution is 0.102. The predicted octanol–water partition coefficient (Wildman–Crippen LogP) is 2.78. The van der Waals surface area contributed by atoms with Gasteiger partial charge in [-0.25, -0.2) is 0 Å². The molecule has 0 unspecified atom stereocenters. The van der Waals surface area contributed by atoms with Crippen LogP contribution < -0.4 is 14.8 Å². The van der Waals surface area contributed by atoms with E-state index in [4.69, 9.17) is 4.74 Å². The topological polar surface area (TPSA) is 113 Å². The molecule has 3 rings (SSSR count). The molecule has 27 heavy (non-hydrogen) atoms. The summed E-state index contributed by atoms with van der Waals surface area (Å²) in [7, 11) is -2.52. The predicted molar refractivity (Wildman–Crippen MR) is 102 cm³/mol. The molecule has 1 amide bonds. The van der Waals surface area contributed by atoms with E-state index in [1.807, 2.05) is 19.1 Å². The maximum Gasteiger partial charge on any atom is 0.279 e. The molecule has 8 nitrogen and oxygen atoms in total. The minimum absolute atomic E-state index is 0.0865. The monoisotopic (exact) mass is 386 g/mol. The number of benzene rings is 2. The van der Waals surface area contributed by atoms with Gasteiger partial charge in [-0.05, 0) is 43.3 Å². The molecule has 9 heteroatoms. The second-order valence-corrected chi connectivity index (χ2v) is 7.39. The first kappa shape index (κ1) is 18.5. The number of nitrogens with zero attached hydrogens (tertiary/aromatic N) is 1. The van der Waals surface area contributed by atoms with Crippen LogP contribution in [0.1, 0.15) is 15.9 Å². The van der Waals surface area contributed by atoms with Crippen molar-refractivity contribution in [1.82, 2.24) is 10.2 Å². The van der Waals surface area contributed by atoms with E-state index < -0.39 is 15.9 Å². The Morgan fingerprint density at radius 1 is 1.04 bits per heavy atom. The molecule has 140 valence electrons. The number of hydrogen-bond acceptors (Lipinski definition) is 5. The average Bonchev–Trinajstić information content (AvgIpc) is 3.15. The van der Waals surface area contributed by atoms with Crippen LogP contribution in [0.5, 0.6) is 5.75 Å². The van der Waals surface area contributed by atoms with Crippen molar-refractivity contribution in [3.8, 4) is 5.75 Å². The maximum atomic E-state index is 12.6. The first-order chi connectivity index (χ1) is 12.9. The zero-order valence-corrected chi connectivity index (χ0v) is 15.5. The fourth-order valence-electron chi connectivity index (χ4n) is 2.34. The largest absolute Gasteiger partial charge is 0.497 e. The van der Waals surface area contributed by atoms with Gasteiger partial charge < -0.3 is 10.1 Å². The van der Waals surface area contributed by atoms with Gasteiger partial charge >= 0.3 is 0 Å². The third-order valence-electron chi connectivity index (χ3n) is 3.77. The Hall–Kier alpha value is -3.33. The number of nitrogens with one attached hydrogen (secondary N) is 3. The van der Waals surface area contributed by atoms with Crippen LogP contribution in [0.2, 0.25) is 0 Å². The average molecular weight is 386 g/mol. The van der Waals surface area contributed by atoms with Crippen molar-refractivity contribution in [2.45, 2.75) is 11.9 Å². The molecule has 0 radical (unpaired) electrons. The molecule has 2 aromatic carbocycles. The van der Waals surface area contributed by atoms with E-state index in [9.17, 15) is 13.2 Å². The number of sulfonamides is 1. The number of H-pyrrole nitrogens is 1. The highest BCUT2D eigenvalue weighted by Crippen LogP contribution is 2.21. The third kappa shape index (κ3) is 4.26. The number of anilines is 2. The lowest BCUT2D eigenvalue weighted by atomic mass is 10.2. The van der Waals surface area contributed by atoms with Gasteiger partial charge in [0.25, 0.3) is 15.9 Å². The molecule has 0 spiro atoms. The molecular weight excluding hydrogens is 368 g/mol. The van der Waals surface area contributed by atoms with Crippen molar-refractivity contribution >= 4 is 27.3 Å². The number of aryl methyl sites for hydroxylation is 1. The normalized spacial score (nSPS) is 11.0. The van der Waals surface area contributed by atoms with Crippen LogP contribution >= 0.6 is 0 Å². The van der Waals surface area contributed by atoms with Gasteiger partial charge in [0.05, 0.1) is 18.9 Å². The van der Waals surface area contributed by atoms with E-state index in [0.717, 1.165) is 5.56 Å². The van der Waals surface area contributed by atoms with E-state index in [1.165, 1.54) is 13.3 Å². The van der Waals surface area contributed by atoms with Gasteiger partial charge in [-0.15, -0.1) is 0 Å². The second-order valence-electron chi connectivity index (χ2n) is 5.77. The summed E-state index contributed by atoms with van der Waals surface area (Å²) in [5.74, 6) is 0.0142. The molecule has 0 fully saturated rings. The smallest absolute Gasteiger partial charge is 0.279 e.